The van der Waals surface area contributed by atoms with Gasteiger partial charge in [0.25, 0.3) is 0 Å². The zero-order valence-corrected chi connectivity index (χ0v) is 13.7. The van der Waals surface area contributed by atoms with Crippen LogP contribution in [0, 0.1) is 0 Å². The van der Waals surface area contributed by atoms with Gasteiger partial charge in [-0.25, -0.2) is 0 Å². The first-order valence-electron chi connectivity index (χ1n) is 7.61. The Labute approximate surface area is 131 Å². The Kier molecular flexibility index (Phi) is 5.76. The van der Waals surface area contributed by atoms with Gasteiger partial charge < -0.3 is 5.32 Å². The molecule has 0 aliphatic carbocycles. The van der Waals surface area contributed by atoms with Gasteiger partial charge in [-0.2, -0.15) is 5.10 Å². The van der Waals surface area contributed by atoms with E-state index in [1.54, 1.807) is 6.20 Å². The molecule has 4 nitrogen and oxygen atoms in total. The third-order valence-electron chi connectivity index (χ3n) is 3.53. The van der Waals surface area contributed by atoms with Crippen molar-refractivity contribution in [3.63, 3.8) is 0 Å². The number of nitrogens with one attached hydrogen (secondary N) is 1. The van der Waals surface area contributed by atoms with Crippen LogP contribution in [0.2, 0.25) is 5.02 Å². The summed E-state index contributed by atoms with van der Waals surface area (Å²) in [6, 6.07) is 4.09. The lowest BCUT2D eigenvalue weighted by Crippen LogP contribution is -2.27. The molecule has 2 aromatic heterocycles. The summed E-state index contributed by atoms with van der Waals surface area (Å²) in [6.45, 7) is 8.08. The number of aryl methyl sites for hydroxylation is 2. The molecular formula is C16H23ClN4. The minimum atomic E-state index is -0.0206. The topological polar surface area (TPSA) is 42.7 Å². The molecule has 2 aromatic rings. The van der Waals surface area contributed by atoms with Gasteiger partial charge in [0, 0.05) is 12.7 Å². The van der Waals surface area contributed by atoms with Crippen molar-refractivity contribution in [3.8, 4) is 0 Å². The van der Waals surface area contributed by atoms with E-state index in [1.807, 2.05) is 16.9 Å². The molecule has 21 heavy (non-hydrogen) atoms. The van der Waals surface area contributed by atoms with E-state index in [0.717, 1.165) is 37.3 Å². The second kappa shape index (κ2) is 7.57. The molecule has 5 heteroatoms. The maximum absolute atomic E-state index is 6.41. The van der Waals surface area contributed by atoms with Crippen LogP contribution >= 0.6 is 11.6 Å². The number of aromatic nitrogens is 3. The molecule has 0 radical (unpaired) electrons. The molecular weight excluding hydrogens is 284 g/mol. The average Bonchev–Trinajstić information content (AvgIpc) is 2.86. The van der Waals surface area contributed by atoms with E-state index in [9.17, 15) is 0 Å². The van der Waals surface area contributed by atoms with E-state index in [1.165, 1.54) is 5.56 Å². The van der Waals surface area contributed by atoms with Crippen LogP contribution in [0.25, 0.3) is 0 Å². The van der Waals surface area contributed by atoms with Crippen LogP contribution in [-0.2, 0) is 13.0 Å². The highest BCUT2D eigenvalue weighted by molar-refractivity contribution is 6.31. The summed E-state index contributed by atoms with van der Waals surface area (Å²) in [6.07, 6.45) is 5.54. The number of pyridine rings is 1. The van der Waals surface area contributed by atoms with Crippen LogP contribution in [-0.4, -0.2) is 21.3 Å². The molecule has 1 atom stereocenters. The fourth-order valence-corrected chi connectivity index (χ4v) is 2.84. The van der Waals surface area contributed by atoms with E-state index in [0.29, 0.717) is 5.02 Å². The summed E-state index contributed by atoms with van der Waals surface area (Å²) in [7, 11) is 0. The Balaban J connectivity index is 2.51. The highest BCUT2D eigenvalue weighted by Crippen LogP contribution is 2.29. The Morgan fingerprint density at radius 2 is 2.14 bits per heavy atom. The lowest BCUT2D eigenvalue weighted by Gasteiger charge is -2.21. The van der Waals surface area contributed by atoms with Crippen molar-refractivity contribution < 1.29 is 0 Å². The zero-order chi connectivity index (χ0) is 15.2. The molecule has 2 rings (SSSR count). The van der Waals surface area contributed by atoms with Gasteiger partial charge >= 0.3 is 0 Å². The normalized spacial score (nSPS) is 12.6. The minimum Gasteiger partial charge on any atom is -0.304 e. The van der Waals surface area contributed by atoms with Gasteiger partial charge in [0.2, 0.25) is 0 Å². The van der Waals surface area contributed by atoms with E-state index in [4.69, 9.17) is 11.6 Å². The van der Waals surface area contributed by atoms with Gasteiger partial charge in [-0.1, -0.05) is 38.4 Å². The molecule has 0 spiro atoms. The van der Waals surface area contributed by atoms with Gasteiger partial charge in [0.15, 0.2) is 0 Å². The van der Waals surface area contributed by atoms with E-state index in [-0.39, 0.29) is 6.04 Å². The Hall–Kier alpha value is -1.39. The second-order valence-corrected chi connectivity index (χ2v) is 5.40. The van der Waals surface area contributed by atoms with E-state index in [2.05, 4.69) is 42.2 Å². The van der Waals surface area contributed by atoms with Crippen LogP contribution in [0.4, 0.5) is 0 Å². The maximum atomic E-state index is 6.41. The van der Waals surface area contributed by atoms with Crippen LogP contribution in [0.1, 0.15) is 50.2 Å². The number of rotatable bonds is 7. The highest BCUT2D eigenvalue weighted by Gasteiger charge is 2.24. The molecule has 0 saturated heterocycles. The van der Waals surface area contributed by atoms with E-state index < -0.39 is 0 Å². The summed E-state index contributed by atoms with van der Waals surface area (Å²) in [5.41, 5.74) is 3.29. The van der Waals surface area contributed by atoms with Crippen molar-refractivity contribution in [2.45, 2.75) is 46.2 Å². The predicted octanol–water partition coefficient (Wildman–Crippen LogP) is 3.60. The maximum Gasteiger partial charge on any atom is 0.0939 e. The first-order valence-corrected chi connectivity index (χ1v) is 7.99. The van der Waals surface area contributed by atoms with Crippen LogP contribution in [0.3, 0.4) is 0 Å². The van der Waals surface area contributed by atoms with Crippen molar-refractivity contribution in [2.24, 2.45) is 0 Å². The van der Waals surface area contributed by atoms with Crippen LogP contribution in [0.15, 0.2) is 24.5 Å². The van der Waals surface area contributed by atoms with Crippen molar-refractivity contribution in [1.29, 1.82) is 0 Å². The quantitative estimate of drug-likeness (QED) is 0.850. The standard InChI is InChI=1S/C16H23ClN4/c1-4-10-21-16(13(17)11-20-21)15(18-6-3)14-12(5-2)8-7-9-19-14/h7-9,11,15,18H,4-6,10H2,1-3H3. The Morgan fingerprint density at radius 3 is 2.81 bits per heavy atom. The molecule has 0 aliphatic heterocycles. The van der Waals surface area contributed by atoms with Gasteiger partial charge in [0.05, 0.1) is 28.6 Å². The first kappa shape index (κ1) is 16.0. The largest absolute Gasteiger partial charge is 0.304 e. The van der Waals surface area contributed by atoms with Crippen LogP contribution in [0.5, 0.6) is 0 Å². The SMILES string of the molecule is CCCn1ncc(Cl)c1C(NCC)c1ncccc1CC. The van der Waals surface area contributed by atoms with Crippen LogP contribution < -0.4 is 5.32 Å². The van der Waals surface area contributed by atoms with Gasteiger partial charge in [0.1, 0.15) is 0 Å². The number of nitrogens with zero attached hydrogens (tertiary/aromatic N) is 3. The highest BCUT2D eigenvalue weighted by atomic mass is 35.5. The molecule has 0 fully saturated rings. The molecule has 0 bridgehead atoms. The van der Waals surface area contributed by atoms with Gasteiger partial charge in [-0.15, -0.1) is 0 Å². The minimum absolute atomic E-state index is 0.0206. The van der Waals surface area contributed by atoms with Crippen molar-refractivity contribution >= 4 is 11.6 Å². The lowest BCUT2D eigenvalue weighted by molar-refractivity contribution is 0.512. The first-order chi connectivity index (χ1) is 10.2. The monoisotopic (exact) mass is 306 g/mol. The van der Waals surface area contributed by atoms with Crippen molar-refractivity contribution in [1.82, 2.24) is 20.1 Å². The van der Waals surface area contributed by atoms with Crippen molar-refractivity contribution in [3.05, 3.63) is 46.5 Å². The number of hydrogen-bond donors (Lipinski definition) is 1. The van der Waals surface area contributed by atoms with Gasteiger partial charge in [-0.05, 0) is 31.0 Å². The summed E-state index contributed by atoms with van der Waals surface area (Å²) < 4.78 is 1.99. The summed E-state index contributed by atoms with van der Waals surface area (Å²) in [4.78, 5) is 4.60. The molecule has 2 heterocycles. The number of hydrogen-bond acceptors (Lipinski definition) is 3. The van der Waals surface area contributed by atoms with E-state index >= 15 is 0 Å². The fourth-order valence-electron chi connectivity index (χ4n) is 2.59. The smallest absolute Gasteiger partial charge is 0.0939 e. The summed E-state index contributed by atoms with van der Waals surface area (Å²) >= 11 is 6.41. The predicted molar refractivity (Wildman–Crippen MR) is 86.7 cm³/mol. The fraction of sp³-hybridized carbons (Fsp3) is 0.500. The van der Waals surface area contributed by atoms with Crippen molar-refractivity contribution in [2.75, 3.05) is 6.54 Å². The molecule has 114 valence electrons. The molecule has 0 amide bonds. The second-order valence-electron chi connectivity index (χ2n) is 4.99. The molecule has 0 aromatic carbocycles. The Morgan fingerprint density at radius 1 is 1.33 bits per heavy atom. The van der Waals surface area contributed by atoms with Gasteiger partial charge in [-0.3, -0.25) is 9.67 Å². The third kappa shape index (κ3) is 3.44. The molecule has 0 saturated carbocycles. The molecule has 0 aliphatic rings. The molecule has 1 N–H and O–H groups in total. The molecule has 1 unspecified atom stereocenters. The lowest BCUT2D eigenvalue weighted by atomic mass is 10.0. The average molecular weight is 307 g/mol. The zero-order valence-electron chi connectivity index (χ0n) is 12.9. The number of halogens is 1. The Bertz CT molecular complexity index is 579. The summed E-state index contributed by atoms with van der Waals surface area (Å²) in [5, 5.41) is 8.61. The summed E-state index contributed by atoms with van der Waals surface area (Å²) in [5.74, 6) is 0. The third-order valence-corrected chi connectivity index (χ3v) is 3.82.